The molecule has 0 saturated carbocycles. The number of amides is 1. The molecule has 0 heterocycles. The van der Waals surface area contributed by atoms with Crippen molar-refractivity contribution < 1.29 is 4.79 Å². The van der Waals surface area contributed by atoms with E-state index in [1.54, 1.807) is 0 Å². The van der Waals surface area contributed by atoms with Crippen LogP contribution >= 0.6 is 30.1 Å². The third kappa shape index (κ3) is 3.11. The van der Waals surface area contributed by atoms with E-state index in [0.717, 1.165) is 14.6 Å². The topological polar surface area (TPSA) is 29.1 Å². The van der Waals surface area contributed by atoms with Gasteiger partial charge in [0.05, 0.1) is 0 Å². The van der Waals surface area contributed by atoms with Crippen LogP contribution in [0.1, 0.15) is 0 Å². The molecule has 1 amide bonds. The Balaban J connectivity index is 2.58. The largest absolute Gasteiger partial charge is 0.316 e. The van der Waals surface area contributed by atoms with Crippen molar-refractivity contribution in [2.24, 2.45) is 0 Å². The average Bonchev–Trinajstić information content (AvgIpc) is 2.06. The molecule has 11 heavy (non-hydrogen) atoms. The van der Waals surface area contributed by atoms with Crippen LogP contribution in [0.15, 0.2) is 30.3 Å². The second kappa shape index (κ2) is 4.61. The summed E-state index contributed by atoms with van der Waals surface area (Å²) in [5, 5.41) is 2.66. The number of hydrogen-bond donors (Lipinski definition) is 1. The van der Waals surface area contributed by atoms with Crippen LogP contribution in [0.25, 0.3) is 0 Å². The monoisotopic (exact) mass is 279 g/mol. The molecule has 1 aromatic rings. The predicted octanol–water partition coefficient (Wildman–Crippen LogP) is 3.30. The normalized spacial score (nSPS) is 9.18. The van der Waals surface area contributed by atoms with E-state index in [0.29, 0.717) is 0 Å². The minimum absolute atomic E-state index is 0.0446. The summed E-state index contributed by atoms with van der Waals surface area (Å²) in [4.78, 5) is 10.8. The summed E-state index contributed by atoms with van der Waals surface area (Å²) < 4.78 is 0. The van der Waals surface area contributed by atoms with Crippen LogP contribution in [0.4, 0.5) is 10.5 Å². The lowest BCUT2D eigenvalue weighted by molar-refractivity contribution is 0.270. The SMILES string of the molecule is O=C(Nc1ccccc1)SI. The molecule has 4 heteroatoms. The highest BCUT2D eigenvalue weighted by molar-refractivity contribution is 14.2. The van der Waals surface area contributed by atoms with E-state index in [1.165, 1.54) is 0 Å². The van der Waals surface area contributed by atoms with E-state index in [1.807, 2.05) is 51.5 Å². The van der Waals surface area contributed by atoms with Gasteiger partial charge in [-0.2, -0.15) is 0 Å². The van der Waals surface area contributed by atoms with Crippen molar-refractivity contribution in [3.8, 4) is 0 Å². The minimum Gasteiger partial charge on any atom is -0.316 e. The minimum atomic E-state index is -0.0446. The van der Waals surface area contributed by atoms with Crippen molar-refractivity contribution in [2.45, 2.75) is 0 Å². The lowest BCUT2D eigenvalue weighted by atomic mass is 10.3. The van der Waals surface area contributed by atoms with Gasteiger partial charge in [0.15, 0.2) is 0 Å². The maximum absolute atomic E-state index is 10.8. The summed E-state index contributed by atoms with van der Waals surface area (Å²) >= 11 is 1.94. The highest BCUT2D eigenvalue weighted by Crippen LogP contribution is 2.15. The van der Waals surface area contributed by atoms with Crippen molar-refractivity contribution in [1.82, 2.24) is 0 Å². The zero-order valence-electron chi connectivity index (χ0n) is 5.58. The summed E-state index contributed by atoms with van der Waals surface area (Å²) in [6.45, 7) is 0. The van der Waals surface area contributed by atoms with Crippen LogP contribution in [0.2, 0.25) is 0 Å². The molecule has 0 radical (unpaired) electrons. The number of carbonyl (C=O) groups is 1. The average molecular weight is 279 g/mol. The third-order valence-corrected chi connectivity index (χ3v) is 2.53. The first-order chi connectivity index (χ1) is 5.33. The fourth-order valence-electron chi connectivity index (χ4n) is 0.659. The van der Waals surface area contributed by atoms with E-state index in [-0.39, 0.29) is 5.24 Å². The Morgan fingerprint density at radius 1 is 1.36 bits per heavy atom. The van der Waals surface area contributed by atoms with Crippen LogP contribution in [0.5, 0.6) is 0 Å². The number of rotatable bonds is 1. The number of carbonyl (C=O) groups excluding carboxylic acids is 1. The fourth-order valence-corrected chi connectivity index (χ4v) is 1.15. The Hall–Kier alpha value is -0.230. The predicted molar refractivity (Wildman–Crippen MR) is 57.1 cm³/mol. The van der Waals surface area contributed by atoms with Gasteiger partial charge in [-0.25, -0.2) is 0 Å². The Labute approximate surface area is 81.3 Å². The first-order valence-corrected chi connectivity index (χ1v) is 6.33. The number of anilines is 1. The van der Waals surface area contributed by atoms with Crippen LogP contribution in [-0.4, -0.2) is 5.24 Å². The second-order valence-corrected chi connectivity index (χ2v) is 3.70. The third-order valence-electron chi connectivity index (χ3n) is 1.09. The molecule has 0 aliphatic carbocycles. The molecule has 1 rings (SSSR count). The molecular weight excluding hydrogens is 273 g/mol. The summed E-state index contributed by atoms with van der Waals surface area (Å²) in [5.41, 5.74) is 0.835. The van der Waals surface area contributed by atoms with Gasteiger partial charge in [-0.1, -0.05) is 18.2 Å². The first kappa shape index (κ1) is 8.86. The van der Waals surface area contributed by atoms with E-state index < -0.39 is 0 Å². The van der Waals surface area contributed by atoms with Crippen molar-refractivity contribution in [3.63, 3.8) is 0 Å². The zero-order chi connectivity index (χ0) is 8.10. The standard InChI is InChI=1S/C7H6INOS/c8-11-7(10)9-6-4-2-1-3-5-6/h1-5H,(H,9,10). The molecule has 1 N–H and O–H groups in total. The number of nitrogens with one attached hydrogen (secondary N) is 1. The Bertz CT molecular complexity index is 239. The van der Waals surface area contributed by atoms with Crippen molar-refractivity contribution in [2.75, 3.05) is 5.32 Å². The molecule has 0 spiro atoms. The number of hydrogen-bond acceptors (Lipinski definition) is 2. The van der Waals surface area contributed by atoms with Gasteiger partial charge in [0.1, 0.15) is 0 Å². The molecule has 0 aliphatic heterocycles. The molecule has 0 fully saturated rings. The molecule has 1 aromatic carbocycles. The zero-order valence-corrected chi connectivity index (χ0v) is 8.56. The van der Waals surface area contributed by atoms with Gasteiger partial charge >= 0.3 is 0 Å². The van der Waals surface area contributed by atoms with Crippen LogP contribution < -0.4 is 5.32 Å². The summed E-state index contributed by atoms with van der Waals surface area (Å²) in [7, 11) is 1.14. The van der Waals surface area contributed by atoms with E-state index in [9.17, 15) is 4.79 Å². The van der Waals surface area contributed by atoms with Gasteiger partial charge in [0, 0.05) is 35.8 Å². The highest BCUT2D eigenvalue weighted by Gasteiger charge is 1.97. The molecule has 2 nitrogen and oxygen atoms in total. The van der Waals surface area contributed by atoms with Crippen LogP contribution in [0.3, 0.4) is 0 Å². The second-order valence-electron chi connectivity index (χ2n) is 1.86. The van der Waals surface area contributed by atoms with Gasteiger partial charge in [-0.05, 0) is 12.1 Å². The van der Waals surface area contributed by atoms with Crippen molar-refractivity contribution in [1.29, 1.82) is 0 Å². The van der Waals surface area contributed by atoms with E-state index in [2.05, 4.69) is 5.32 Å². The summed E-state index contributed by atoms with van der Waals surface area (Å²) in [6.07, 6.45) is 0. The van der Waals surface area contributed by atoms with Crippen LogP contribution in [-0.2, 0) is 0 Å². The van der Waals surface area contributed by atoms with Crippen LogP contribution in [0, 0.1) is 0 Å². The molecule has 0 aliphatic rings. The molecule has 0 aromatic heterocycles. The first-order valence-electron chi connectivity index (χ1n) is 2.97. The quantitative estimate of drug-likeness (QED) is 0.799. The number of halogens is 1. The Kier molecular flexibility index (Phi) is 3.71. The van der Waals surface area contributed by atoms with Gasteiger partial charge in [-0.3, -0.25) is 4.79 Å². The van der Waals surface area contributed by atoms with E-state index in [4.69, 9.17) is 0 Å². The highest BCUT2D eigenvalue weighted by atomic mass is 127. The van der Waals surface area contributed by atoms with Gasteiger partial charge in [0.25, 0.3) is 5.24 Å². The van der Waals surface area contributed by atoms with Crippen molar-refractivity contribution in [3.05, 3.63) is 30.3 Å². The van der Waals surface area contributed by atoms with Gasteiger partial charge in [0.2, 0.25) is 0 Å². The molecule has 0 unspecified atom stereocenters. The number of benzene rings is 1. The molecule has 0 atom stereocenters. The van der Waals surface area contributed by atoms with Gasteiger partial charge < -0.3 is 5.32 Å². The Morgan fingerprint density at radius 3 is 2.55 bits per heavy atom. The van der Waals surface area contributed by atoms with Crippen molar-refractivity contribution >= 4 is 41.1 Å². The van der Waals surface area contributed by atoms with Gasteiger partial charge in [-0.15, -0.1) is 0 Å². The summed E-state index contributed by atoms with van der Waals surface area (Å²) in [5.74, 6) is 0. The summed E-state index contributed by atoms with van der Waals surface area (Å²) in [6, 6.07) is 9.38. The lowest BCUT2D eigenvalue weighted by Crippen LogP contribution is -2.01. The maximum Gasteiger partial charge on any atom is 0.293 e. The molecule has 0 saturated heterocycles. The smallest absolute Gasteiger partial charge is 0.293 e. The molecule has 58 valence electrons. The number of para-hydroxylation sites is 1. The van der Waals surface area contributed by atoms with E-state index >= 15 is 0 Å². The fraction of sp³-hybridized carbons (Fsp3) is 0. The molecule has 0 bridgehead atoms. The maximum atomic E-state index is 10.8. The lowest BCUT2D eigenvalue weighted by Gasteiger charge is -1.99. The molecular formula is C7H6INOS. The Morgan fingerprint density at radius 2 is 2.00 bits per heavy atom.